The Hall–Kier alpha value is -3.56. The average molecular weight is 698 g/mol. The van der Waals surface area contributed by atoms with E-state index < -0.39 is 11.8 Å². The zero-order chi connectivity index (χ0) is 32.5. The summed E-state index contributed by atoms with van der Waals surface area (Å²) in [5.74, 6) is -0.972. The normalized spacial score (nSPS) is 25.4. The number of hydrogen-bond donors (Lipinski definition) is 2. The zero-order valence-electron chi connectivity index (χ0n) is 26.4. The lowest BCUT2D eigenvalue weighted by molar-refractivity contribution is -0.144. The lowest BCUT2D eigenvalue weighted by Gasteiger charge is -2.36. The molecule has 3 aliphatic heterocycles. The fourth-order valence-corrected chi connectivity index (χ4v) is 8.63. The van der Waals surface area contributed by atoms with Crippen LogP contribution in [0.3, 0.4) is 0 Å². The van der Waals surface area contributed by atoms with Gasteiger partial charge in [0.25, 0.3) is 0 Å². The van der Waals surface area contributed by atoms with Gasteiger partial charge in [-0.15, -0.1) is 0 Å². The van der Waals surface area contributed by atoms with Crippen molar-refractivity contribution in [1.82, 2.24) is 9.80 Å². The quantitative estimate of drug-likeness (QED) is 0.152. The van der Waals surface area contributed by atoms with Crippen LogP contribution in [0.15, 0.2) is 94.5 Å². The summed E-state index contributed by atoms with van der Waals surface area (Å²) in [6, 6.07) is 25.8. The second-order valence-corrected chi connectivity index (χ2v) is 14.2. The SMILES string of the molecule is O=C1[C@@H]2[C@@H](CC(CO)=C3[C@@H](CC/C(=C/c4cc(Br)ccc4O)c4ccccc4)OC[C@@H]32)C(=O)N1C1CCN(Cc2ccccc2)CC1. The highest BCUT2D eigenvalue weighted by atomic mass is 79.9. The van der Waals surface area contributed by atoms with Gasteiger partial charge in [0.2, 0.25) is 11.8 Å². The summed E-state index contributed by atoms with van der Waals surface area (Å²) in [6.07, 6.45) is 5.07. The molecule has 3 heterocycles. The number of hydrogen-bond acceptors (Lipinski definition) is 6. The maximum atomic E-state index is 14.1. The van der Waals surface area contributed by atoms with Gasteiger partial charge >= 0.3 is 0 Å². The van der Waals surface area contributed by atoms with Crippen LogP contribution in [-0.4, -0.2) is 70.3 Å². The molecule has 4 atom stereocenters. The van der Waals surface area contributed by atoms with E-state index in [9.17, 15) is 19.8 Å². The van der Waals surface area contributed by atoms with Crippen molar-refractivity contribution in [3.63, 3.8) is 0 Å². The zero-order valence-corrected chi connectivity index (χ0v) is 28.0. The molecular formula is C39H41BrN2O5. The lowest BCUT2D eigenvalue weighted by atomic mass is 9.69. The van der Waals surface area contributed by atoms with Crippen LogP contribution < -0.4 is 0 Å². The maximum Gasteiger partial charge on any atom is 0.234 e. The predicted molar refractivity (Wildman–Crippen MR) is 185 cm³/mol. The molecule has 0 spiro atoms. The molecule has 0 unspecified atom stereocenters. The number of phenols is 1. The Bertz CT molecular complexity index is 1680. The minimum absolute atomic E-state index is 0.0553. The van der Waals surface area contributed by atoms with E-state index in [4.69, 9.17) is 4.74 Å². The number of nitrogens with zero attached hydrogens (tertiary/aromatic N) is 2. The fraction of sp³-hybridized carbons (Fsp3) is 0.385. The van der Waals surface area contributed by atoms with Gasteiger partial charge in [-0.2, -0.15) is 0 Å². The van der Waals surface area contributed by atoms with Crippen LogP contribution in [0.4, 0.5) is 0 Å². The summed E-state index contributed by atoms with van der Waals surface area (Å²) in [5.41, 5.74) is 5.99. The summed E-state index contributed by atoms with van der Waals surface area (Å²) in [6.45, 7) is 2.81. The molecule has 3 saturated heterocycles. The Balaban J connectivity index is 1.07. The second-order valence-electron chi connectivity index (χ2n) is 13.3. The van der Waals surface area contributed by atoms with Crippen LogP contribution in [0.1, 0.15) is 48.8 Å². The van der Waals surface area contributed by atoms with Crippen LogP contribution in [0, 0.1) is 17.8 Å². The molecular weight excluding hydrogens is 656 g/mol. The number of amides is 2. The van der Waals surface area contributed by atoms with Crippen LogP contribution >= 0.6 is 15.9 Å². The average Bonchev–Trinajstić information content (AvgIpc) is 3.63. The molecule has 0 aromatic heterocycles. The van der Waals surface area contributed by atoms with Crippen LogP contribution in [0.2, 0.25) is 0 Å². The number of likely N-dealkylation sites (tertiary alicyclic amines) is 2. The monoisotopic (exact) mass is 696 g/mol. The van der Waals surface area contributed by atoms with Crippen molar-refractivity contribution < 1.29 is 24.5 Å². The van der Waals surface area contributed by atoms with Crippen LogP contribution in [-0.2, 0) is 20.9 Å². The molecule has 47 heavy (non-hydrogen) atoms. The van der Waals surface area contributed by atoms with E-state index in [2.05, 4.69) is 57.2 Å². The van der Waals surface area contributed by atoms with Gasteiger partial charge in [-0.05, 0) is 84.2 Å². The molecule has 4 aliphatic rings. The number of aromatic hydroxyl groups is 1. The molecule has 3 fully saturated rings. The summed E-state index contributed by atoms with van der Waals surface area (Å²) >= 11 is 3.52. The van der Waals surface area contributed by atoms with E-state index in [1.807, 2.05) is 42.5 Å². The highest BCUT2D eigenvalue weighted by Gasteiger charge is 2.58. The second kappa shape index (κ2) is 13.9. The van der Waals surface area contributed by atoms with Gasteiger partial charge in [0.05, 0.1) is 31.2 Å². The van der Waals surface area contributed by atoms with Gasteiger partial charge in [0.1, 0.15) is 5.75 Å². The van der Waals surface area contributed by atoms with E-state index >= 15 is 0 Å². The number of ether oxygens (including phenoxy) is 1. The van der Waals surface area contributed by atoms with E-state index in [0.717, 1.165) is 64.8 Å². The predicted octanol–water partition coefficient (Wildman–Crippen LogP) is 6.45. The van der Waals surface area contributed by atoms with Crippen molar-refractivity contribution in [2.75, 3.05) is 26.3 Å². The molecule has 3 aromatic rings. The first-order chi connectivity index (χ1) is 22.9. The van der Waals surface area contributed by atoms with Gasteiger partial charge in [-0.3, -0.25) is 19.4 Å². The number of carbonyl (C=O) groups excluding carboxylic acids is 2. The Morgan fingerprint density at radius 2 is 1.66 bits per heavy atom. The number of benzene rings is 3. The molecule has 3 aromatic carbocycles. The summed E-state index contributed by atoms with van der Waals surface area (Å²) < 4.78 is 7.30. The van der Waals surface area contributed by atoms with Crippen molar-refractivity contribution >= 4 is 39.4 Å². The minimum atomic E-state index is -0.428. The van der Waals surface area contributed by atoms with Gasteiger partial charge in [-0.25, -0.2) is 0 Å². The topological polar surface area (TPSA) is 90.3 Å². The van der Waals surface area contributed by atoms with Crippen LogP contribution in [0.25, 0.3) is 11.6 Å². The van der Waals surface area contributed by atoms with Gasteiger partial charge in [-0.1, -0.05) is 76.6 Å². The molecule has 0 saturated carbocycles. The third-order valence-corrected chi connectivity index (χ3v) is 11.0. The summed E-state index contributed by atoms with van der Waals surface area (Å²) in [4.78, 5) is 32.0. The van der Waals surface area contributed by atoms with E-state index in [0.29, 0.717) is 25.9 Å². The first-order valence-corrected chi connectivity index (χ1v) is 17.5. The molecule has 1 aliphatic carbocycles. The number of carbonyl (C=O) groups is 2. The number of imide groups is 1. The molecule has 2 amide bonds. The third-order valence-electron chi connectivity index (χ3n) is 10.5. The van der Waals surface area contributed by atoms with Crippen molar-refractivity contribution in [1.29, 1.82) is 0 Å². The number of aliphatic hydroxyl groups is 1. The highest BCUT2D eigenvalue weighted by molar-refractivity contribution is 9.10. The van der Waals surface area contributed by atoms with Crippen molar-refractivity contribution in [2.24, 2.45) is 17.8 Å². The molecule has 7 rings (SSSR count). The molecule has 7 nitrogen and oxygen atoms in total. The first kappa shape index (κ1) is 32.0. The number of fused-ring (bicyclic) bond motifs is 3. The number of rotatable bonds is 9. The van der Waals surface area contributed by atoms with Crippen molar-refractivity contribution in [2.45, 2.75) is 50.8 Å². The highest BCUT2D eigenvalue weighted by Crippen LogP contribution is 2.50. The fourth-order valence-electron chi connectivity index (χ4n) is 8.25. The molecule has 2 N–H and O–H groups in total. The maximum absolute atomic E-state index is 14.1. The lowest BCUT2D eigenvalue weighted by Crippen LogP contribution is -2.47. The molecule has 244 valence electrons. The molecule has 8 heteroatoms. The number of piperidine rings is 1. The van der Waals surface area contributed by atoms with E-state index in [1.165, 1.54) is 5.56 Å². The van der Waals surface area contributed by atoms with Crippen molar-refractivity contribution in [3.05, 3.63) is 111 Å². The minimum Gasteiger partial charge on any atom is -0.507 e. The van der Waals surface area contributed by atoms with Crippen LogP contribution in [0.5, 0.6) is 5.75 Å². The Morgan fingerprint density at radius 3 is 2.38 bits per heavy atom. The largest absolute Gasteiger partial charge is 0.507 e. The number of aliphatic hydroxyl groups excluding tert-OH is 1. The molecule has 0 radical (unpaired) electrons. The number of allylic oxidation sites excluding steroid dienone is 1. The van der Waals surface area contributed by atoms with E-state index in [-0.39, 0.29) is 42.2 Å². The molecule has 0 bridgehead atoms. The standard InChI is InChI=1S/C39H41BrN2O5/c40-30-12-13-34(44)28(20-30)19-27(26-9-5-2-6-10-26)11-14-35-36-29(23-43)21-32-37(33(36)24-47-35)39(46)42(38(32)45)31-15-17-41(18-16-31)22-25-7-3-1-4-8-25/h1-10,12-13,19-20,31-33,35,37,43-44H,11,14-18,21-24H2/b27-19-/t32-,33+,35-,37-/m1/s1. The Morgan fingerprint density at radius 1 is 0.936 bits per heavy atom. The smallest absolute Gasteiger partial charge is 0.234 e. The Labute approximate surface area is 284 Å². The van der Waals surface area contributed by atoms with E-state index in [1.54, 1.807) is 11.0 Å². The third kappa shape index (κ3) is 6.49. The van der Waals surface area contributed by atoms with Gasteiger partial charge in [0.15, 0.2) is 0 Å². The first-order valence-electron chi connectivity index (χ1n) is 16.7. The number of phenolic OH excluding ortho intramolecular Hbond substituents is 1. The summed E-state index contributed by atoms with van der Waals surface area (Å²) in [5, 5.41) is 21.1. The Kier molecular flexibility index (Phi) is 9.46. The van der Waals surface area contributed by atoms with Gasteiger partial charge in [0, 0.05) is 41.6 Å². The van der Waals surface area contributed by atoms with Crippen molar-refractivity contribution in [3.8, 4) is 5.75 Å². The van der Waals surface area contributed by atoms with Gasteiger partial charge < -0.3 is 14.9 Å². The number of halogens is 1. The summed E-state index contributed by atoms with van der Waals surface area (Å²) in [7, 11) is 0.